The number of aryl methyl sites for hydroxylation is 1. The summed E-state index contributed by atoms with van der Waals surface area (Å²) in [5, 5.41) is 0.521. The van der Waals surface area contributed by atoms with E-state index in [9.17, 15) is 19.2 Å². The third-order valence-electron chi connectivity index (χ3n) is 4.16. The first-order chi connectivity index (χ1) is 12.7. The molecule has 1 aromatic heterocycles. The van der Waals surface area contributed by atoms with E-state index in [1.54, 1.807) is 38.1 Å². The van der Waals surface area contributed by atoms with Crippen LogP contribution >= 0.6 is 11.6 Å². The second kappa shape index (κ2) is 8.77. The molecule has 0 spiro atoms. The molecule has 0 amide bonds. The predicted molar refractivity (Wildman–Crippen MR) is 101 cm³/mol. The Bertz CT molecular complexity index is 896. The first kappa shape index (κ1) is 20.6. The standard InChI is InChI=1S/C20H20ClNO5/c1-11-19(13(3)23)12(2)22-20(11)17(25)10-27-18(26)9-8-16(24)14-4-6-15(21)7-5-14/h4-7,22H,8-10H2,1-3H3. The maximum atomic E-state index is 12.3. The Hall–Kier alpha value is -2.73. The molecule has 0 saturated carbocycles. The topological polar surface area (TPSA) is 93.3 Å². The van der Waals surface area contributed by atoms with Gasteiger partial charge in [-0.3, -0.25) is 19.2 Å². The second-order valence-corrected chi connectivity index (χ2v) is 6.63. The van der Waals surface area contributed by atoms with Crippen molar-refractivity contribution in [2.45, 2.75) is 33.6 Å². The van der Waals surface area contributed by atoms with Gasteiger partial charge in [0, 0.05) is 28.3 Å². The van der Waals surface area contributed by atoms with Gasteiger partial charge in [-0.25, -0.2) is 0 Å². The summed E-state index contributed by atoms with van der Waals surface area (Å²) >= 11 is 5.77. The molecule has 2 aromatic rings. The van der Waals surface area contributed by atoms with E-state index in [1.807, 2.05) is 0 Å². The summed E-state index contributed by atoms with van der Waals surface area (Å²) in [6.45, 7) is 4.34. The van der Waals surface area contributed by atoms with Crippen LogP contribution in [0.25, 0.3) is 0 Å². The summed E-state index contributed by atoms with van der Waals surface area (Å²) < 4.78 is 4.96. The molecule has 0 bridgehead atoms. The van der Waals surface area contributed by atoms with E-state index in [2.05, 4.69) is 4.98 Å². The number of benzene rings is 1. The Balaban J connectivity index is 1.87. The zero-order chi connectivity index (χ0) is 20.1. The summed E-state index contributed by atoms with van der Waals surface area (Å²) in [6, 6.07) is 6.37. The number of hydrogen-bond donors (Lipinski definition) is 1. The Morgan fingerprint density at radius 1 is 1.00 bits per heavy atom. The molecule has 0 saturated heterocycles. The van der Waals surface area contributed by atoms with Crippen LogP contribution in [-0.4, -0.2) is 34.9 Å². The van der Waals surface area contributed by atoms with Crippen LogP contribution in [0.2, 0.25) is 5.02 Å². The molecular formula is C20H20ClNO5. The number of ether oxygens (including phenoxy) is 1. The van der Waals surface area contributed by atoms with Crippen LogP contribution in [0.15, 0.2) is 24.3 Å². The van der Waals surface area contributed by atoms with Gasteiger partial charge in [0.1, 0.15) is 0 Å². The lowest BCUT2D eigenvalue weighted by molar-refractivity contribution is -0.142. The first-order valence-corrected chi connectivity index (χ1v) is 8.76. The van der Waals surface area contributed by atoms with Gasteiger partial charge in [-0.2, -0.15) is 0 Å². The zero-order valence-electron chi connectivity index (χ0n) is 15.3. The van der Waals surface area contributed by atoms with E-state index in [4.69, 9.17) is 16.3 Å². The number of esters is 1. The van der Waals surface area contributed by atoms with Gasteiger partial charge in [-0.15, -0.1) is 0 Å². The van der Waals surface area contributed by atoms with Crippen molar-refractivity contribution in [3.8, 4) is 0 Å². The van der Waals surface area contributed by atoms with Crippen LogP contribution in [0.5, 0.6) is 0 Å². The maximum Gasteiger partial charge on any atom is 0.306 e. The number of Topliss-reactive ketones (excluding diaryl/α,β-unsaturated/α-hetero) is 3. The van der Waals surface area contributed by atoms with Gasteiger partial charge in [0.25, 0.3) is 0 Å². The van der Waals surface area contributed by atoms with Gasteiger partial charge in [0.05, 0.1) is 12.1 Å². The molecule has 142 valence electrons. The molecule has 0 atom stereocenters. The molecule has 0 fully saturated rings. The Labute approximate surface area is 161 Å². The Kier molecular flexibility index (Phi) is 6.69. The van der Waals surface area contributed by atoms with Crippen LogP contribution in [0, 0.1) is 13.8 Å². The number of carbonyl (C=O) groups excluding carboxylic acids is 4. The molecule has 2 rings (SSSR count). The van der Waals surface area contributed by atoms with Gasteiger partial charge >= 0.3 is 5.97 Å². The van der Waals surface area contributed by atoms with Crippen molar-refractivity contribution in [2.75, 3.05) is 6.61 Å². The molecule has 1 N–H and O–H groups in total. The fourth-order valence-electron chi connectivity index (χ4n) is 2.84. The minimum atomic E-state index is -0.640. The molecule has 6 nitrogen and oxygen atoms in total. The molecule has 0 radical (unpaired) electrons. The van der Waals surface area contributed by atoms with Gasteiger partial charge in [-0.1, -0.05) is 11.6 Å². The highest BCUT2D eigenvalue weighted by atomic mass is 35.5. The molecule has 0 aliphatic heterocycles. The van der Waals surface area contributed by atoms with Gasteiger partial charge in [0.2, 0.25) is 5.78 Å². The van der Waals surface area contributed by atoms with E-state index in [0.717, 1.165) is 0 Å². The van der Waals surface area contributed by atoms with Crippen LogP contribution in [0.4, 0.5) is 0 Å². The second-order valence-electron chi connectivity index (χ2n) is 6.20. The highest BCUT2D eigenvalue weighted by molar-refractivity contribution is 6.30. The van der Waals surface area contributed by atoms with E-state index >= 15 is 0 Å². The van der Waals surface area contributed by atoms with Crippen molar-refractivity contribution in [1.29, 1.82) is 0 Å². The summed E-state index contributed by atoms with van der Waals surface area (Å²) in [6.07, 6.45) is -0.153. The van der Waals surface area contributed by atoms with Crippen LogP contribution in [0.1, 0.15) is 62.2 Å². The normalized spacial score (nSPS) is 10.5. The lowest BCUT2D eigenvalue weighted by Crippen LogP contribution is -2.16. The minimum Gasteiger partial charge on any atom is -0.457 e. The smallest absolute Gasteiger partial charge is 0.306 e. The Morgan fingerprint density at radius 3 is 2.19 bits per heavy atom. The minimum absolute atomic E-state index is 0.0240. The molecular weight excluding hydrogens is 370 g/mol. The molecule has 1 aromatic carbocycles. The molecule has 0 unspecified atom stereocenters. The maximum absolute atomic E-state index is 12.3. The largest absolute Gasteiger partial charge is 0.457 e. The molecule has 0 aliphatic carbocycles. The van der Waals surface area contributed by atoms with E-state index in [1.165, 1.54) is 6.92 Å². The monoisotopic (exact) mass is 389 g/mol. The summed E-state index contributed by atoms with van der Waals surface area (Å²) in [7, 11) is 0. The lowest BCUT2D eigenvalue weighted by atomic mass is 10.1. The number of hydrogen-bond acceptors (Lipinski definition) is 5. The van der Waals surface area contributed by atoms with Crippen LogP contribution in [-0.2, 0) is 9.53 Å². The lowest BCUT2D eigenvalue weighted by Gasteiger charge is -2.05. The van der Waals surface area contributed by atoms with E-state index in [0.29, 0.717) is 27.4 Å². The average Bonchev–Trinajstić information content (AvgIpc) is 2.92. The first-order valence-electron chi connectivity index (χ1n) is 8.38. The van der Waals surface area contributed by atoms with Gasteiger partial charge < -0.3 is 9.72 Å². The molecule has 7 heteroatoms. The number of ketones is 3. The number of nitrogens with one attached hydrogen (secondary N) is 1. The van der Waals surface area contributed by atoms with E-state index < -0.39 is 18.4 Å². The van der Waals surface area contributed by atoms with Crippen molar-refractivity contribution in [3.05, 3.63) is 57.4 Å². The van der Waals surface area contributed by atoms with Crippen molar-refractivity contribution >= 4 is 34.9 Å². The number of rotatable bonds is 8. The van der Waals surface area contributed by atoms with Gasteiger partial charge in [0.15, 0.2) is 18.2 Å². The average molecular weight is 390 g/mol. The highest BCUT2D eigenvalue weighted by Crippen LogP contribution is 2.19. The number of aromatic nitrogens is 1. The molecule has 1 heterocycles. The summed E-state index contributed by atoms with van der Waals surface area (Å²) in [4.78, 5) is 50.6. The predicted octanol–water partition coefficient (Wildman–Crippen LogP) is 3.88. The van der Waals surface area contributed by atoms with E-state index in [-0.39, 0.29) is 30.1 Å². The molecule has 0 aliphatic rings. The SMILES string of the molecule is CC(=O)c1c(C)[nH]c(C(=O)COC(=O)CCC(=O)c2ccc(Cl)cc2)c1C. The number of aromatic amines is 1. The number of halogens is 1. The van der Waals surface area contributed by atoms with Crippen molar-refractivity contribution in [2.24, 2.45) is 0 Å². The van der Waals surface area contributed by atoms with Crippen molar-refractivity contribution < 1.29 is 23.9 Å². The fourth-order valence-corrected chi connectivity index (χ4v) is 2.97. The number of H-pyrrole nitrogens is 1. The molecule has 27 heavy (non-hydrogen) atoms. The third kappa shape index (κ3) is 5.14. The quantitative estimate of drug-likeness (QED) is 0.546. The highest BCUT2D eigenvalue weighted by Gasteiger charge is 2.21. The van der Waals surface area contributed by atoms with Crippen LogP contribution in [0.3, 0.4) is 0 Å². The summed E-state index contributed by atoms with van der Waals surface area (Å²) in [5.74, 6) is -1.42. The van der Waals surface area contributed by atoms with Gasteiger partial charge in [-0.05, 0) is 50.6 Å². The van der Waals surface area contributed by atoms with Crippen molar-refractivity contribution in [3.63, 3.8) is 0 Å². The Morgan fingerprint density at radius 2 is 1.63 bits per heavy atom. The third-order valence-corrected chi connectivity index (χ3v) is 4.41. The van der Waals surface area contributed by atoms with Crippen LogP contribution < -0.4 is 0 Å². The van der Waals surface area contributed by atoms with Crippen molar-refractivity contribution in [1.82, 2.24) is 4.98 Å². The number of carbonyl (C=O) groups is 4. The summed E-state index contributed by atoms with van der Waals surface area (Å²) in [5.41, 5.74) is 2.32. The zero-order valence-corrected chi connectivity index (χ0v) is 16.1. The fraction of sp³-hybridized carbons (Fsp3) is 0.300.